The molecule has 92 valence electrons. The third-order valence-corrected chi connectivity index (χ3v) is 2.01. The minimum atomic E-state index is -1.45. The molecule has 0 bridgehead atoms. The van der Waals surface area contributed by atoms with E-state index >= 15 is 0 Å². The molecule has 5 N–H and O–H groups in total. The van der Waals surface area contributed by atoms with Gasteiger partial charge < -0.3 is 21.3 Å². The first-order chi connectivity index (χ1) is 7.25. The van der Waals surface area contributed by atoms with Crippen LogP contribution in [0.4, 0.5) is 0 Å². The molecule has 0 aliphatic rings. The largest absolute Gasteiger partial charge is 0.481 e. The van der Waals surface area contributed by atoms with E-state index in [0.717, 1.165) is 0 Å². The van der Waals surface area contributed by atoms with Gasteiger partial charge in [-0.05, 0) is 5.92 Å². The lowest BCUT2D eigenvalue weighted by Gasteiger charge is -2.18. The van der Waals surface area contributed by atoms with E-state index in [1.165, 1.54) is 0 Å². The summed E-state index contributed by atoms with van der Waals surface area (Å²) in [6, 6.07) is -2.30. The van der Waals surface area contributed by atoms with Crippen molar-refractivity contribution in [3.8, 4) is 0 Å². The summed E-state index contributed by atoms with van der Waals surface area (Å²) >= 11 is 0. The Morgan fingerprint density at radius 1 is 1.25 bits per heavy atom. The number of hydrogen-bond acceptors (Lipinski definition) is 4. The molecule has 0 aromatic carbocycles. The van der Waals surface area contributed by atoms with Crippen LogP contribution in [0.15, 0.2) is 0 Å². The van der Waals surface area contributed by atoms with Crippen LogP contribution in [0.2, 0.25) is 0 Å². The average molecular weight is 232 g/mol. The van der Waals surface area contributed by atoms with Crippen LogP contribution < -0.4 is 11.1 Å². The van der Waals surface area contributed by atoms with Gasteiger partial charge in [-0.1, -0.05) is 13.8 Å². The minimum Gasteiger partial charge on any atom is -0.481 e. The van der Waals surface area contributed by atoms with Crippen molar-refractivity contribution in [2.24, 2.45) is 11.7 Å². The molecule has 0 rings (SSSR count). The summed E-state index contributed by atoms with van der Waals surface area (Å²) in [5, 5.41) is 19.2. The normalized spacial score (nSPS) is 14.2. The number of carboxylic acid groups (broad SMARTS) is 2. The van der Waals surface area contributed by atoms with E-state index < -0.39 is 36.4 Å². The Morgan fingerprint density at radius 3 is 2.06 bits per heavy atom. The van der Waals surface area contributed by atoms with Crippen LogP contribution in [0, 0.1) is 5.92 Å². The second-order valence-corrected chi connectivity index (χ2v) is 3.77. The van der Waals surface area contributed by atoms with Crippen molar-refractivity contribution in [3.05, 3.63) is 0 Å². The molecule has 0 aromatic rings. The van der Waals surface area contributed by atoms with E-state index in [0.29, 0.717) is 0 Å². The standard InChI is InChI=1S/C9H16N2O5/c1-4(2)7(10)8(14)11-5(9(15)16)3-6(12)13/h4-5,7H,3,10H2,1-2H3,(H,11,14)(H,12,13)(H,15,16)/t5?,7-/m1/s1. The van der Waals surface area contributed by atoms with Crippen molar-refractivity contribution in [2.75, 3.05) is 0 Å². The summed E-state index contributed by atoms with van der Waals surface area (Å²) in [5.74, 6) is -3.51. The van der Waals surface area contributed by atoms with Gasteiger partial charge in [0, 0.05) is 0 Å². The Balaban J connectivity index is 4.46. The number of carbonyl (C=O) groups is 3. The lowest BCUT2D eigenvalue weighted by atomic mass is 10.0. The highest BCUT2D eigenvalue weighted by atomic mass is 16.4. The molecular weight excluding hydrogens is 216 g/mol. The molecule has 0 radical (unpaired) electrons. The van der Waals surface area contributed by atoms with Crippen molar-refractivity contribution >= 4 is 17.8 Å². The van der Waals surface area contributed by atoms with Crippen molar-refractivity contribution in [1.82, 2.24) is 5.32 Å². The second kappa shape index (κ2) is 6.06. The van der Waals surface area contributed by atoms with Gasteiger partial charge in [0.1, 0.15) is 6.04 Å². The predicted molar refractivity (Wildman–Crippen MR) is 54.6 cm³/mol. The third kappa shape index (κ3) is 4.74. The van der Waals surface area contributed by atoms with Gasteiger partial charge in [-0.25, -0.2) is 4.79 Å². The Morgan fingerprint density at radius 2 is 1.75 bits per heavy atom. The Hall–Kier alpha value is -1.63. The highest BCUT2D eigenvalue weighted by Crippen LogP contribution is 2.00. The van der Waals surface area contributed by atoms with Crippen molar-refractivity contribution in [1.29, 1.82) is 0 Å². The van der Waals surface area contributed by atoms with E-state index in [2.05, 4.69) is 5.32 Å². The molecule has 0 saturated heterocycles. The zero-order valence-corrected chi connectivity index (χ0v) is 9.14. The van der Waals surface area contributed by atoms with E-state index in [4.69, 9.17) is 15.9 Å². The van der Waals surface area contributed by atoms with Gasteiger partial charge in [-0.3, -0.25) is 9.59 Å². The van der Waals surface area contributed by atoms with Gasteiger partial charge in [0.15, 0.2) is 0 Å². The van der Waals surface area contributed by atoms with Crippen LogP contribution in [-0.2, 0) is 14.4 Å². The van der Waals surface area contributed by atoms with Crippen LogP contribution in [0.25, 0.3) is 0 Å². The second-order valence-electron chi connectivity index (χ2n) is 3.77. The maximum atomic E-state index is 11.4. The molecule has 0 saturated carbocycles. The van der Waals surface area contributed by atoms with Crippen molar-refractivity contribution in [2.45, 2.75) is 32.4 Å². The fourth-order valence-corrected chi connectivity index (χ4v) is 0.945. The third-order valence-electron chi connectivity index (χ3n) is 2.01. The molecule has 7 heteroatoms. The molecule has 1 amide bonds. The summed E-state index contributed by atoms with van der Waals surface area (Å²) in [6.45, 7) is 3.41. The van der Waals surface area contributed by atoms with Crippen LogP contribution >= 0.6 is 0 Å². The first-order valence-corrected chi connectivity index (χ1v) is 4.76. The smallest absolute Gasteiger partial charge is 0.326 e. The summed E-state index contributed by atoms with van der Waals surface area (Å²) in [4.78, 5) is 32.4. The summed E-state index contributed by atoms with van der Waals surface area (Å²) in [7, 11) is 0. The fourth-order valence-electron chi connectivity index (χ4n) is 0.945. The number of hydrogen-bond donors (Lipinski definition) is 4. The molecule has 0 fully saturated rings. The summed E-state index contributed by atoms with van der Waals surface area (Å²) in [6.07, 6.45) is -0.675. The zero-order chi connectivity index (χ0) is 12.9. The molecule has 7 nitrogen and oxygen atoms in total. The number of aliphatic carboxylic acids is 2. The summed E-state index contributed by atoms with van der Waals surface area (Å²) in [5.41, 5.74) is 5.49. The number of carboxylic acids is 2. The zero-order valence-electron chi connectivity index (χ0n) is 9.14. The summed E-state index contributed by atoms with van der Waals surface area (Å²) < 4.78 is 0. The number of nitrogens with one attached hydrogen (secondary N) is 1. The SMILES string of the molecule is CC(C)[C@@H](N)C(=O)NC(CC(=O)O)C(=O)O. The molecule has 0 aliphatic heterocycles. The number of nitrogens with two attached hydrogens (primary N) is 1. The predicted octanol–water partition coefficient (Wildman–Crippen LogP) is -0.986. The molecule has 0 aromatic heterocycles. The molecule has 0 heterocycles. The van der Waals surface area contributed by atoms with Crippen molar-refractivity contribution < 1.29 is 24.6 Å². The van der Waals surface area contributed by atoms with Gasteiger partial charge in [-0.15, -0.1) is 0 Å². The van der Waals surface area contributed by atoms with Crippen LogP contribution in [0.3, 0.4) is 0 Å². The lowest BCUT2D eigenvalue weighted by molar-refractivity contribution is -0.147. The van der Waals surface area contributed by atoms with E-state index in [9.17, 15) is 14.4 Å². The van der Waals surface area contributed by atoms with Gasteiger partial charge >= 0.3 is 11.9 Å². The molecule has 0 spiro atoms. The molecular formula is C9H16N2O5. The van der Waals surface area contributed by atoms with E-state index in [1.54, 1.807) is 13.8 Å². The van der Waals surface area contributed by atoms with Gasteiger partial charge in [0.2, 0.25) is 5.91 Å². The number of carbonyl (C=O) groups excluding carboxylic acids is 1. The molecule has 1 unspecified atom stereocenters. The Labute approximate surface area is 92.6 Å². The van der Waals surface area contributed by atoms with Gasteiger partial charge in [0.25, 0.3) is 0 Å². The Kier molecular flexibility index (Phi) is 5.44. The fraction of sp³-hybridized carbons (Fsp3) is 0.667. The number of amides is 1. The van der Waals surface area contributed by atoms with Crippen LogP contribution in [0.1, 0.15) is 20.3 Å². The highest BCUT2D eigenvalue weighted by Gasteiger charge is 2.26. The molecule has 16 heavy (non-hydrogen) atoms. The first kappa shape index (κ1) is 14.4. The molecule has 2 atom stereocenters. The first-order valence-electron chi connectivity index (χ1n) is 4.76. The highest BCUT2D eigenvalue weighted by molar-refractivity contribution is 5.89. The van der Waals surface area contributed by atoms with Gasteiger partial charge in [-0.2, -0.15) is 0 Å². The van der Waals surface area contributed by atoms with Crippen molar-refractivity contribution in [3.63, 3.8) is 0 Å². The van der Waals surface area contributed by atoms with Crippen LogP contribution in [-0.4, -0.2) is 40.1 Å². The van der Waals surface area contributed by atoms with E-state index in [1.807, 2.05) is 0 Å². The van der Waals surface area contributed by atoms with Gasteiger partial charge in [0.05, 0.1) is 12.5 Å². The minimum absolute atomic E-state index is 0.153. The maximum Gasteiger partial charge on any atom is 0.326 e. The topological polar surface area (TPSA) is 130 Å². The molecule has 0 aliphatic carbocycles. The van der Waals surface area contributed by atoms with E-state index in [-0.39, 0.29) is 5.92 Å². The Bertz CT molecular complexity index is 290. The van der Waals surface area contributed by atoms with Crippen LogP contribution in [0.5, 0.6) is 0 Å². The quantitative estimate of drug-likeness (QED) is 0.465. The average Bonchev–Trinajstić information content (AvgIpc) is 2.14. The lowest BCUT2D eigenvalue weighted by Crippen LogP contribution is -2.50. The number of rotatable bonds is 6. The monoisotopic (exact) mass is 232 g/mol. The maximum absolute atomic E-state index is 11.4.